The van der Waals surface area contributed by atoms with Crippen LogP contribution in [-0.2, 0) is 26.5 Å². The Kier molecular flexibility index (Phi) is 4.71. The Morgan fingerprint density at radius 2 is 2.08 bits per heavy atom. The van der Waals surface area contributed by atoms with Crippen LogP contribution in [0, 0.1) is 5.92 Å². The highest BCUT2D eigenvalue weighted by Gasteiger charge is 2.45. The van der Waals surface area contributed by atoms with Crippen LogP contribution >= 0.6 is 0 Å². The van der Waals surface area contributed by atoms with E-state index in [1.54, 1.807) is 7.05 Å². The predicted molar refractivity (Wildman–Crippen MR) is 78.5 cm³/mol. The van der Waals surface area contributed by atoms with Crippen molar-refractivity contribution in [3.8, 4) is 0 Å². The van der Waals surface area contributed by atoms with Crippen LogP contribution in [0.1, 0.15) is 6.42 Å². The summed E-state index contributed by atoms with van der Waals surface area (Å²) in [5.74, 6) is -0.437. The summed E-state index contributed by atoms with van der Waals surface area (Å²) < 4.78 is 38.9. The molecular weight excluding hydrogens is 342 g/mol. The Balaban J connectivity index is 1.81. The van der Waals surface area contributed by atoms with Crippen LogP contribution in [-0.4, -0.2) is 77.6 Å². The molecule has 2 fully saturated rings. The van der Waals surface area contributed by atoms with Crippen LogP contribution < -0.4 is 5.32 Å². The zero-order valence-corrected chi connectivity index (χ0v) is 13.8. The van der Waals surface area contributed by atoms with E-state index < -0.39 is 34.4 Å². The van der Waals surface area contributed by atoms with E-state index in [9.17, 15) is 13.2 Å². The number of nitrogens with one attached hydrogen (secondary N) is 1. The van der Waals surface area contributed by atoms with Crippen LogP contribution in [0.3, 0.4) is 0 Å². The smallest absolute Gasteiger partial charge is 0.404 e. The number of rotatable bonds is 4. The molecule has 3 heterocycles. The summed E-state index contributed by atoms with van der Waals surface area (Å²) >= 11 is 0. The lowest BCUT2D eigenvalue weighted by molar-refractivity contribution is -0.204. The topological polar surface area (TPSA) is 136 Å². The standard InChI is InChI=1S/C12H19N5O6S/c1-16-7-10(14-15-16)24(20,21)17-5-8(9(6-17)13-12(18)19)11-22-3-2-4-23-11/h7-9,11,13H,2-6H2,1H3,(H,18,19)/t8-,9+/m1/s1. The average Bonchev–Trinajstić information content (AvgIpc) is 3.15. The number of amides is 1. The van der Waals surface area contributed by atoms with Crippen LogP contribution in [0.25, 0.3) is 0 Å². The summed E-state index contributed by atoms with van der Waals surface area (Å²) in [6, 6.07) is -0.628. The Labute approximate surface area is 138 Å². The Morgan fingerprint density at radius 1 is 1.38 bits per heavy atom. The molecule has 0 aliphatic carbocycles. The van der Waals surface area contributed by atoms with Crippen LogP contribution in [0.4, 0.5) is 4.79 Å². The van der Waals surface area contributed by atoms with E-state index >= 15 is 0 Å². The predicted octanol–water partition coefficient (Wildman–Crippen LogP) is -1.17. The van der Waals surface area contributed by atoms with Crippen molar-refractivity contribution in [3.05, 3.63) is 6.20 Å². The van der Waals surface area contributed by atoms with Gasteiger partial charge in [-0.1, -0.05) is 5.21 Å². The van der Waals surface area contributed by atoms with Crippen LogP contribution in [0.5, 0.6) is 0 Å². The lowest BCUT2D eigenvalue weighted by atomic mass is 10.0. The zero-order chi connectivity index (χ0) is 17.3. The second-order valence-corrected chi connectivity index (χ2v) is 7.62. The maximum absolute atomic E-state index is 12.7. The minimum atomic E-state index is -3.86. The largest absolute Gasteiger partial charge is 0.465 e. The van der Waals surface area contributed by atoms with Crippen molar-refractivity contribution >= 4 is 16.1 Å². The normalized spacial score (nSPS) is 26.5. The monoisotopic (exact) mass is 361 g/mol. The molecule has 0 radical (unpaired) electrons. The van der Waals surface area contributed by atoms with Crippen molar-refractivity contribution in [2.24, 2.45) is 13.0 Å². The number of hydrogen-bond donors (Lipinski definition) is 2. The Morgan fingerprint density at radius 3 is 2.67 bits per heavy atom. The van der Waals surface area contributed by atoms with Crippen molar-refractivity contribution in [3.63, 3.8) is 0 Å². The summed E-state index contributed by atoms with van der Waals surface area (Å²) in [5, 5.41) is 18.5. The molecule has 3 rings (SSSR count). The second-order valence-electron chi connectivity index (χ2n) is 5.74. The van der Waals surface area contributed by atoms with Crippen molar-refractivity contribution < 1.29 is 27.8 Å². The van der Waals surface area contributed by atoms with Gasteiger partial charge in [0.15, 0.2) is 6.29 Å². The number of aryl methyl sites for hydroxylation is 1. The van der Waals surface area contributed by atoms with E-state index in [1.807, 2.05) is 0 Å². The van der Waals surface area contributed by atoms with Gasteiger partial charge in [0, 0.05) is 26.1 Å². The third-order valence-corrected chi connectivity index (χ3v) is 5.72. The number of carboxylic acid groups (broad SMARTS) is 1. The molecule has 134 valence electrons. The lowest BCUT2D eigenvalue weighted by Crippen LogP contribution is -2.46. The molecule has 2 saturated heterocycles. The fourth-order valence-corrected chi connectivity index (χ4v) is 4.32. The highest BCUT2D eigenvalue weighted by Crippen LogP contribution is 2.29. The second kappa shape index (κ2) is 6.63. The molecule has 0 unspecified atom stereocenters. The first-order valence-electron chi connectivity index (χ1n) is 7.47. The first-order chi connectivity index (χ1) is 11.4. The molecular formula is C12H19N5O6S. The molecule has 2 aliphatic heterocycles. The van der Waals surface area contributed by atoms with E-state index in [4.69, 9.17) is 14.6 Å². The SMILES string of the molecule is Cn1cc(S(=O)(=O)N2C[C@H](NC(=O)O)[C@H](C3OCCCO3)C2)nn1. The number of carbonyl (C=O) groups is 1. The molecule has 1 amide bonds. The van der Waals surface area contributed by atoms with Gasteiger partial charge in [0.25, 0.3) is 10.0 Å². The maximum atomic E-state index is 12.7. The van der Waals surface area contributed by atoms with Gasteiger partial charge in [-0.25, -0.2) is 13.2 Å². The van der Waals surface area contributed by atoms with Gasteiger partial charge < -0.3 is 19.9 Å². The molecule has 0 saturated carbocycles. The molecule has 24 heavy (non-hydrogen) atoms. The van der Waals surface area contributed by atoms with Gasteiger partial charge in [0.2, 0.25) is 5.03 Å². The molecule has 2 aliphatic rings. The summed E-state index contributed by atoms with van der Waals surface area (Å²) in [5.41, 5.74) is 0. The van der Waals surface area contributed by atoms with Crippen LogP contribution in [0.15, 0.2) is 11.2 Å². The van der Waals surface area contributed by atoms with Gasteiger partial charge >= 0.3 is 6.09 Å². The third kappa shape index (κ3) is 3.36. The van der Waals surface area contributed by atoms with Crippen molar-refractivity contribution in [1.82, 2.24) is 24.6 Å². The van der Waals surface area contributed by atoms with Gasteiger partial charge in [-0.15, -0.1) is 5.10 Å². The van der Waals surface area contributed by atoms with Crippen molar-refractivity contribution in [2.75, 3.05) is 26.3 Å². The van der Waals surface area contributed by atoms with Gasteiger partial charge in [-0.3, -0.25) is 4.68 Å². The van der Waals surface area contributed by atoms with Gasteiger partial charge in [-0.05, 0) is 6.42 Å². The van der Waals surface area contributed by atoms with E-state index in [0.717, 1.165) is 6.42 Å². The number of hydrogen-bond acceptors (Lipinski definition) is 7. The molecule has 12 heteroatoms. The number of sulfonamides is 1. The molecule has 2 atom stereocenters. The van der Waals surface area contributed by atoms with E-state index in [2.05, 4.69) is 15.6 Å². The molecule has 1 aromatic heterocycles. The van der Waals surface area contributed by atoms with E-state index in [1.165, 1.54) is 15.2 Å². The van der Waals surface area contributed by atoms with Gasteiger partial charge in [0.1, 0.15) is 0 Å². The summed E-state index contributed by atoms with van der Waals surface area (Å²) in [4.78, 5) is 11.0. The first kappa shape index (κ1) is 17.1. The molecule has 0 aromatic carbocycles. The van der Waals surface area contributed by atoms with E-state index in [0.29, 0.717) is 13.2 Å². The number of ether oxygens (including phenoxy) is 2. The first-order valence-corrected chi connectivity index (χ1v) is 8.91. The Bertz CT molecular complexity index is 701. The molecule has 0 spiro atoms. The van der Waals surface area contributed by atoms with Crippen molar-refractivity contribution in [2.45, 2.75) is 23.8 Å². The van der Waals surface area contributed by atoms with Gasteiger partial charge in [-0.2, -0.15) is 4.31 Å². The molecule has 0 bridgehead atoms. The summed E-state index contributed by atoms with van der Waals surface area (Å²) in [6.45, 7) is 1.06. The lowest BCUT2D eigenvalue weighted by Gasteiger charge is -2.30. The minimum Gasteiger partial charge on any atom is -0.465 e. The van der Waals surface area contributed by atoms with Crippen LogP contribution in [0.2, 0.25) is 0 Å². The van der Waals surface area contributed by atoms with Gasteiger partial charge in [0.05, 0.1) is 25.5 Å². The number of nitrogens with zero attached hydrogens (tertiary/aromatic N) is 4. The summed E-state index contributed by atoms with van der Waals surface area (Å²) in [6.07, 6.45) is 0.190. The molecule has 2 N–H and O–H groups in total. The number of aromatic nitrogens is 3. The third-order valence-electron chi connectivity index (χ3n) is 4.03. The fraction of sp³-hybridized carbons (Fsp3) is 0.750. The minimum absolute atomic E-state index is 0.0148. The highest BCUT2D eigenvalue weighted by atomic mass is 32.2. The van der Waals surface area contributed by atoms with Crippen molar-refractivity contribution in [1.29, 1.82) is 0 Å². The molecule has 1 aromatic rings. The zero-order valence-electron chi connectivity index (χ0n) is 13.0. The summed E-state index contributed by atoms with van der Waals surface area (Å²) in [7, 11) is -2.30. The average molecular weight is 361 g/mol. The quantitative estimate of drug-likeness (QED) is 0.685. The highest BCUT2D eigenvalue weighted by molar-refractivity contribution is 7.89. The fourth-order valence-electron chi connectivity index (χ4n) is 2.90. The van der Waals surface area contributed by atoms with E-state index in [-0.39, 0.29) is 18.1 Å². The Hall–Kier alpha value is -1.76. The maximum Gasteiger partial charge on any atom is 0.404 e. The molecule has 11 nitrogen and oxygen atoms in total.